The van der Waals surface area contributed by atoms with Crippen molar-refractivity contribution >= 4 is 11.4 Å². The van der Waals surface area contributed by atoms with Crippen LogP contribution in [0.4, 0.5) is 37.7 Å². The van der Waals surface area contributed by atoms with Gasteiger partial charge in [-0.25, -0.2) is 0 Å². The molecule has 0 aromatic heterocycles. The normalized spacial score (nSPS) is 12.6. The summed E-state index contributed by atoms with van der Waals surface area (Å²) in [5.41, 5.74) is 0.393. The molecule has 0 fully saturated rings. The molecule has 0 atom stereocenters. The second kappa shape index (κ2) is 6.27. The van der Waals surface area contributed by atoms with Crippen molar-refractivity contribution in [2.75, 3.05) is 5.43 Å². The Bertz CT molecular complexity index is 706. The van der Waals surface area contributed by atoms with Crippen LogP contribution < -0.4 is 5.43 Å². The first-order valence-electron chi connectivity index (χ1n) is 6.17. The first-order valence-corrected chi connectivity index (χ1v) is 6.17. The molecule has 9 heteroatoms. The van der Waals surface area contributed by atoms with Crippen LogP contribution in [0.15, 0.2) is 58.9 Å². The summed E-state index contributed by atoms with van der Waals surface area (Å²) in [6, 6.07) is 8.27. The molecule has 1 N–H and O–H groups in total. The van der Waals surface area contributed by atoms with Gasteiger partial charge < -0.3 is 0 Å². The average Bonchev–Trinajstić information content (AvgIpc) is 2.46. The number of nitrogens with one attached hydrogen (secondary N) is 1. The van der Waals surface area contributed by atoms with E-state index in [1.807, 2.05) is 0 Å². The summed E-state index contributed by atoms with van der Waals surface area (Å²) in [5.74, 6) is 0. The van der Waals surface area contributed by atoms with Crippen LogP contribution in [0.2, 0.25) is 0 Å². The van der Waals surface area contributed by atoms with Crippen molar-refractivity contribution in [3.8, 4) is 0 Å². The molecule has 0 saturated carbocycles. The predicted octanol–water partition coefficient (Wildman–Crippen LogP) is 5.84. The zero-order chi connectivity index (χ0) is 17.1. The molecule has 2 rings (SSSR count). The van der Waals surface area contributed by atoms with E-state index in [2.05, 4.69) is 15.8 Å². The predicted molar refractivity (Wildman–Crippen MR) is 71.0 cm³/mol. The van der Waals surface area contributed by atoms with Crippen molar-refractivity contribution in [1.29, 1.82) is 0 Å². The standard InChI is InChI=1S/C14H9F6N3/c15-13(16,17)9-3-1-5-11(7-9)21-23-22-12-6-2-4-10(8-12)14(18,19)20/h1-8H,(H,21,22). The summed E-state index contributed by atoms with van der Waals surface area (Å²) >= 11 is 0. The minimum absolute atomic E-state index is 0.00977. The van der Waals surface area contributed by atoms with E-state index in [9.17, 15) is 26.3 Å². The highest BCUT2D eigenvalue weighted by molar-refractivity contribution is 5.46. The highest BCUT2D eigenvalue weighted by atomic mass is 19.4. The molecular formula is C14H9F6N3. The van der Waals surface area contributed by atoms with Crippen LogP contribution in [0.5, 0.6) is 0 Å². The largest absolute Gasteiger partial charge is 0.416 e. The van der Waals surface area contributed by atoms with E-state index in [-0.39, 0.29) is 11.4 Å². The van der Waals surface area contributed by atoms with Crippen molar-refractivity contribution in [1.82, 2.24) is 0 Å². The van der Waals surface area contributed by atoms with Crippen molar-refractivity contribution in [2.45, 2.75) is 12.4 Å². The zero-order valence-electron chi connectivity index (χ0n) is 11.3. The van der Waals surface area contributed by atoms with E-state index in [0.717, 1.165) is 30.3 Å². The van der Waals surface area contributed by atoms with Crippen LogP contribution >= 0.6 is 0 Å². The van der Waals surface area contributed by atoms with Gasteiger partial charge in [-0.05, 0) is 36.4 Å². The van der Waals surface area contributed by atoms with Gasteiger partial charge in [0.2, 0.25) is 0 Å². The number of rotatable bonds is 3. The van der Waals surface area contributed by atoms with E-state index in [0.29, 0.717) is 0 Å². The van der Waals surface area contributed by atoms with E-state index in [4.69, 9.17) is 0 Å². The summed E-state index contributed by atoms with van der Waals surface area (Å²) in [4.78, 5) is 0. The Morgan fingerprint density at radius 3 is 1.91 bits per heavy atom. The Kier molecular flexibility index (Phi) is 4.57. The summed E-state index contributed by atoms with van der Waals surface area (Å²) in [6.07, 6.45) is -9.02. The summed E-state index contributed by atoms with van der Waals surface area (Å²) in [7, 11) is 0. The molecule has 0 aliphatic carbocycles. The summed E-state index contributed by atoms with van der Waals surface area (Å²) in [6.45, 7) is 0. The Balaban J connectivity index is 2.11. The lowest BCUT2D eigenvalue weighted by Crippen LogP contribution is -2.04. The molecule has 23 heavy (non-hydrogen) atoms. The molecule has 0 bridgehead atoms. The maximum atomic E-state index is 12.5. The second-order valence-electron chi connectivity index (χ2n) is 4.44. The van der Waals surface area contributed by atoms with Crippen molar-refractivity contribution in [3.05, 3.63) is 59.7 Å². The van der Waals surface area contributed by atoms with Gasteiger partial charge >= 0.3 is 12.4 Å². The van der Waals surface area contributed by atoms with E-state index < -0.39 is 23.5 Å². The zero-order valence-corrected chi connectivity index (χ0v) is 11.3. The number of hydrogen-bond donors (Lipinski definition) is 1. The smallest absolute Gasteiger partial charge is 0.260 e. The molecule has 2 aromatic rings. The van der Waals surface area contributed by atoms with Gasteiger partial charge in [0.25, 0.3) is 0 Å². The maximum Gasteiger partial charge on any atom is 0.416 e. The minimum atomic E-state index is -4.51. The highest BCUT2D eigenvalue weighted by Gasteiger charge is 2.31. The lowest BCUT2D eigenvalue weighted by molar-refractivity contribution is -0.138. The van der Waals surface area contributed by atoms with Gasteiger partial charge in [-0.1, -0.05) is 17.4 Å². The van der Waals surface area contributed by atoms with Crippen LogP contribution in [-0.2, 0) is 12.4 Å². The molecule has 0 heterocycles. The molecule has 0 spiro atoms. The van der Waals surface area contributed by atoms with Crippen LogP contribution in [0.1, 0.15) is 11.1 Å². The van der Waals surface area contributed by atoms with Crippen molar-refractivity contribution in [3.63, 3.8) is 0 Å². The number of halogens is 6. The van der Waals surface area contributed by atoms with Gasteiger partial charge in [-0.2, -0.15) is 26.3 Å². The molecule has 0 radical (unpaired) electrons. The summed E-state index contributed by atoms with van der Waals surface area (Å²) in [5, 5.41) is 6.90. The van der Waals surface area contributed by atoms with Crippen LogP contribution in [0.3, 0.4) is 0 Å². The molecule has 0 aliphatic heterocycles. The topological polar surface area (TPSA) is 36.8 Å². The molecule has 0 saturated heterocycles. The molecule has 2 aromatic carbocycles. The highest BCUT2D eigenvalue weighted by Crippen LogP contribution is 2.32. The third-order valence-electron chi connectivity index (χ3n) is 2.71. The van der Waals surface area contributed by atoms with Crippen LogP contribution in [0.25, 0.3) is 0 Å². The van der Waals surface area contributed by atoms with Gasteiger partial charge in [0.05, 0.1) is 22.5 Å². The number of alkyl halides is 6. The first kappa shape index (κ1) is 16.8. The Hall–Kier alpha value is -2.58. The van der Waals surface area contributed by atoms with Crippen molar-refractivity contribution < 1.29 is 26.3 Å². The first-order chi connectivity index (χ1) is 10.7. The Morgan fingerprint density at radius 1 is 0.739 bits per heavy atom. The van der Waals surface area contributed by atoms with E-state index >= 15 is 0 Å². The lowest BCUT2D eigenvalue weighted by atomic mass is 10.2. The quantitative estimate of drug-likeness (QED) is 0.428. The third-order valence-corrected chi connectivity index (χ3v) is 2.71. The number of benzene rings is 2. The Labute approximate surface area is 126 Å². The van der Waals surface area contributed by atoms with Gasteiger partial charge in [0.1, 0.15) is 0 Å². The molecule has 0 unspecified atom stereocenters. The van der Waals surface area contributed by atoms with E-state index in [1.165, 1.54) is 18.2 Å². The Morgan fingerprint density at radius 2 is 1.30 bits per heavy atom. The second-order valence-corrected chi connectivity index (χ2v) is 4.44. The summed E-state index contributed by atoms with van der Waals surface area (Å²) < 4.78 is 75.1. The van der Waals surface area contributed by atoms with Crippen molar-refractivity contribution in [2.24, 2.45) is 10.3 Å². The number of anilines is 1. The minimum Gasteiger partial charge on any atom is -0.260 e. The SMILES string of the molecule is FC(F)(F)c1cccc(N=NNc2cccc(C(F)(F)F)c2)c1. The van der Waals surface area contributed by atoms with Gasteiger partial charge in [0.15, 0.2) is 0 Å². The molecule has 122 valence electrons. The number of hydrogen-bond acceptors (Lipinski definition) is 2. The van der Waals surface area contributed by atoms with Gasteiger partial charge in [-0.3, -0.25) is 5.43 Å². The van der Waals surface area contributed by atoms with Gasteiger partial charge in [-0.15, -0.1) is 5.11 Å². The fourth-order valence-corrected chi connectivity index (χ4v) is 1.65. The van der Waals surface area contributed by atoms with E-state index in [1.54, 1.807) is 0 Å². The molecule has 3 nitrogen and oxygen atoms in total. The fourth-order valence-electron chi connectivity index (χ4n) is 1.65. The average molecular weight is 333 g/mol. The number of nitrogens with zero attached hydrogens (tertiary/aromatic N) is 2. The van der Waals surface area contributed by atoms with Gasteiger partial charge in [0, 0.05) is 0 Å². The lowest BCUT2D eigenvalue weighted by Gasteiger charge is -2.08. The maximum absolute atomic E-state index is 12.5. The monoisotopic (exact) mass is 333 g/mol. The molecular weight excluding hydrogens is 324 g/mol. The van der Waals surface area contributed by atoms with Crippen LogP contribution in [0, 0.1) is 0 Å². The van der Waals surface area contributed by atoms with Crippen LogP contribution in [-0.4, -0.2) is 0 Å². The molecule has 0 amide bonds. The fraction of sp³-hybridized carbons (Fsp3) is 0.143. The molecule has 0 aliphatic rings. The third kappa shape index (κ3) is 4.70.